The van der Waals surface area contributed by atoms with Gasteiger partial charge in [-0.15, -0.1) is 11.3 Å². The molecule has 0 saturated carbocycles. The second kappa shape index (κ2) is 7.77. The van der Waals surface area contributed by atoms with Gasteiger partial charge in [-0.1, -0.05) is 12.1 Å². The van der Waals surface area contributed by atoms with Gasteiger partial charge in [0.05, 0.1) is 5.69 Å². The van der Waals surface area contributed by atoms with Crippen LogP contribution in [0.4, 0.5) is 10.8 Å². The maximum atomic E-state index is 8.66. The summed E-state index contributed by atoms with van der Waals surface area (Å²) >= 11 is 1.44. The van der Waals surface area contributed by atoms with Gasteiger partial charge in [0.1, 0.15) is 0 Å². The number of nitrogens with zero attached hydrogens (tertiary/aromatic N) is 4. The molecule has 9 heteroatoms. The fourth-order valence-corrected chi connectivity index (χ4v) is 2.44. The van der Waals surface area contributed by atoms with Crippen molar-refractivity contribution in [1.29, 1.82) is 5.26 Å². The fraction of sp³-hybridized carbons (Fsp3) is 0.143. The molecule has 0 atom stereocenters. The lowest BCUT2D eigenvalue weighted by Gasteiger charge is -2.08. The normalized spacial score (nSPS) is 11.7. The van der Waals surface area contributed by atoms with E-state index in [-0.39, 0.29) is 0 Å². The van der Waals surface area contributed by atoms with Crippen LogP contribution in [0.5, 0.6) is 0 Å². The van der Waals surface area contributed by atoms with Crippen LogP contribution in [0.15, 0.2) is 39.6 Å². The number of nitriles is 1. The summed E-state index contributed by atoms with van der Waals surface area (Å²) in [7, 11) is 3.20. The number of aliphatic imine (C=N–C) groups is 2. The topological polar surface area (TPSA) is 124 Å². The largest absolute Gasteiger partial charge is 0.370 e. The number of benzene rings is 1. The molecule has 0 saturated heterocycles. The van der Waals surface area contributed by atoms with Gasteiger partial charge in [0, 0.05) is 30.7 Å². The highest BCUT2D eigenvalue weighted by atomic mass is 32.1. The van der Waals surface area contributed by atoms with Crippen LogP contribution in [0, 0.1) is 11.5 Å². The minimum absolute atomic E-state index is 0.313. The first kappa shape index (κ1) is 16.3. The minimum atomic E-state index is 0.313. The first-order chi connectivity index (χ1) is 11.2. The maximum absolute atomic E-state index is 8.66. The highest BCUT2D eigenvalue weighted by molar-refractivity contribution is 7.14. The van der Waals surface area contributed by atoms with Crippen LogP contribution in [0.2, 0.25) is 0 Å². The Morgan fingerprint density at radius 3 is 2.83 bits per heavy atom. The van der Waals surface area contributed by atoms with Gasteiger partial charge < -0.3 is 16.4 Å². The number of hydrogen-bond acceptors (Lipinski definition) is 5. The zero-order valence-corrected chi connectivity index (χ0v) is 13.5. The number of guanidine groups is 2. The van der Waals surface area contributed by atoms with E-state index in [2.05, 4.69) is 30.9 Å². The first-order valence-electron chi connectivity index (χ1n) is 6.60. The van der Waals surface area contributed by atoms with Crippen molar-refractivity contribution in [1.82, 2.24) is 10.3 Å². The second-order valence-electron chi connectivity index (χ2n) is 4.29. The van der Waals surface area contributed by atoms with Crippen molar-refractivity contribution in [3.05, 3.63) is 29.6 Å². The van der Waals surface area contributed by atoms with E-state index < -0.39 is 0 Å². The SMILES string of the molecule is CN=C(N)Nc1nc(-c2cccc(NC(=NC)NC#N)c2)cs1. The Labute approximate surface area is 137 Å². The number of anilines is 2. The van der Waals surface area contributed by atoms with Gasteiger partial charge in [0.15, 0.2) is 17.3 Å². The molecule has 0 spiro atoms. The highest BCUT2D eigenvalue weighted by Gasteiger charge is 2.07. The molecule has 8 nitrogen and oxygen atoms in total. The van der Waals surface area contributed by atoms with E-state index in [1.165, 1.54) is 11.3 Å². The molecule has 0 aliphatic rings. The molecule has 0 fully saturated rings. The van der Waals surface area contributed by atoms with Crippen LogP contribution in [0.25, 0.3) is 11.3 Å². The Kier molecular flexibility index (Phi) is 5.49. The van der Waals surface area contributed by atoms with Crippen molar-refractivity contribution < 1.29 is 0 Å². The third-order valence-electron chi connectivity index (χ3n) is 2.80. The molecule has 0 amide bonds. The van der Waals surface area contributed by atoms with Crippen LogP contribution in [-0.2, 0) is 0 Å². The Morgan fingerprint density at radius 1 is 1.30 bits per heavy atom. The second-order valence-corrected chi connectivity index (χ2v) is 5.14. The lowest BCUT2D eigenvalue weighted by atomic mass is 10.1. The van der Waals surface area contributed by atoms with E-state index in [0.29, 0.717) is 17.1 Å². The molecule has 0 unspecified atom stereocenters. The predicted molar refractivity (Wildman–Crippen MR) is 94.4 cm³/mol. The number of thiazole rings is 1. The van der Waals surface area contributed by atoms with E-state index >= 15 is 0 Å². The summed E-state index contributed by atoms with van der Waals surface area (Å²) in [6.07, 6.45) is 1.83. The predicted octanol–water partition coefficient (Wildman–Crippen LogP) is 1.63. The average Bonchev–Trinajstić information content (AvgIpc) is 3.03. The van der Waals surface area contributed by atoms with Crippen molar-refractivity contribution in [2.24, 2.45) is 15.7 Å². The van der Waals surface area contributed by atoms with E-state index in [9.17, 15) is 0 Å². The Balaban J connectivity index is 2.18. The van der Waals surface area contributed by atoms with Crippen molar-refractivity contribution >= 4 is 34.1 Å². The molecular weight excluding hydrogens is 312 g/mol. The maximum Gasteiger partial charge on any atom is 0.208 e. The summed E-state index contributed by atoms with van der Waals surface area (Å²) < 4.78 is 0. The summed E-state index contributed by atoms with van der Waals surface area (Å²) in [5, 5.41) is 19.6. The fourth-order valence-electron chi connectivity index (χ4n) is 1.72. The molecule has 118 valence electrons. The molecular formula is C14H16N8S. The smallest absolute Gasteiger partial charge is 0.208 e. The van der Waals surface area contributed by atoms with Gasteiger partial charge in [-0.3, -0.25) is 15.3 Å². The summed E-state index contributed by atoms with van der Waals surface area (Å²) in [4.78, 5) is 12.2. The number of nitrogens with one attached hydrogen (secondary N) is 3. The van der Waals surface area contributed by atoms with Gasteiger partial charge in [0.2, 0.25) is 5.96 Å². The monoisotopic (exact) mass is 328 g/mol. The minimum Gasteiger partial charge on any atom is -0.370 e. The van der Waals surface area contributed by atoms with Crippen molar-refractivity contribution in [3.63, 3.8) is 0 Å². The van der Waals surface area contributed by atoms with Crippen molar-refractivity contribution in [3.8, 4) is 17.5 Å². The molecule has 2 rings (SSSR count). The number of rotatable bonds is 3. The summed E-state index contributed by atoms with van der Waals surface area (Å²) in [5.74, 6) is 0.685. The molecule has 1 aromatic heterocycles. The van der Waals surface area contributed by atoms with Gasteiger partial charge in [0.25, 0.3) is 0 Å². The van der Waals surface area contributed by atoms with Gasteiger partial charge in [-0.2, -0.15) is 5.26 Å². The van der Waals surface area contributed by atoms with Gasteiger partial charge >= 0.3 is 0 Å². The lowest BCUT2D eigenvalue weighted by Crippen LogP contribution is -2.26. The van der Waals surface area contributed by atoms with Crippen LogP contribution in [0.3, 0.4) is 0 Å². The standard InChI is InChI=1S/C14H16N8S/c1-17-12(16)22-14-21-11(7-23-14)9-4-3-5-10(6-9)20-13(18-2)19-8-15/h3-7H,1-2H3,(H2,18,19,20)(H3,16,17,21,22). The van der Waals surface area contributed by atoms with Crippen molar-refractivity contribution in [2.45, 2.75) is 0 Å². The van der Waals surface area contributed by atoms with E-state index in [0.717, 1.165) is 16.9 Å². The van der Waals surface area contributed by atoms with Crippen molar-refractivity contribution in [2.75, 3.05) is 24.7 Å². The van der Waals surface area contributed by atoms with Gasteiger partial charge in [-0.05, 0) is 12.1 Å². The molecule has 0 aliphatic carbocycles. The zero-order valence-electron chi connectivity index (χ0n) is 12.7. The third-order valence-corrected chi connectivity index (χ3v) is 3.56. The molecule has 1 aromatic carbocycles. The molecule has 0 radical (unpaired) electrons. The Morgan fingerprint density at radius 2 is 2.13 bits per heavy atom. The molecule has 2 aromatic rings. The number of nitrogens with two attached hydrogens (primary N) is 1. The molecule has 5 N–H and O–H groups in total. The zero-order chi connectivity index (χ0) is 16.7. The van der Waals surface area contributed by atoms with Crippen LogP contribution < -0.4 is 21.7 Å². The third kappa shape index (κ3) is 4.42. The van der Waals surface area contributed by atoms with E-state index in [1.807, 2.05) is 35.8 Å². The van der Waals surface area contributed by atoms with Crippen LogP contribution in [-0.4, -0.2) is 31.0 Å². The Hall–Kier alpha value is -3.12. The molecule has 0 aliphatic heterocycles. The molecule has 0 bridgehead atoms. The first-order valence-corrected chi connectivity index (χ1v) is 7.48. The average molecular weight is 328 g/mol. The lowest BCUT2D eigenvalue weighted by molar-refractivity contribution is 1.21. The molecule has 23 heavy (non-hydrogen) atoms. The van der Waals surface area contributed by atoms with E-state index in [4.69, 9.17) is 11.0 Å². The van der Waals surface area contributed by atoms with Gasteiger partial charge in [-0.25, -0.2) is 4.98 Å². The molecule has 1 heterocycles. The summed E-state index contributed by atoms with van der Waals surface area (Å²) in [5.41, 5.74) is 8.16. The Bertz CT molecular complexity index is 771. The summed E-state index contributed by atoms with van der Waals surface area (Å²) in [6, 6.07) is 7.63. The van der Waals surface area contributed by atoms with E-state index in [1.54, 1.807) is 14.1 Å². The van der Waals surface area contributed by atoms with Crippen LogP contribution in [0.1, 0.15) is 0 Å². The highest BCUT2D eigenvalue weighted by Crippen LogP contribution is 2.26. The number of aromatic nitrogens is 1. The van der Waals surface area contributed by atoms with Crippen LogP contribution >= 0.6 is 11.3 Å². The quantitative estimate of drug-likeness (QED) is 0.294. The number of hydrogen-bond donors (Lipinski definition) is 4. The summed E-state index contributed by atoms with van der Waals surface area (Å²) in [6.45, 7) is 0.